The number of fused-ring (bicyclic) bond motifs is 1. The van der Waals surface area contributed by atoms with Gasteiger partial charge in [0, 0.05) is 41.8 Å². The molecule has 0 saturated carbocycles. The lowest BCUT2D eigenvalue weighted by Gasteiger charge is -2.26. The molecule has 2 heterocycles. The smallest absolute Gasteiger partial charge is 0.257 e. The van der Waals surface area contributed by atoms with Crippen LogP contribution < -0.4 is 16.0 Å². The molecule has 30 heavy (non-hydrogen) atoms. The Bertz CT molecular complexity index is 960. The Balaban J connectivity index is 1.43. The van der Waals surface area contributed by atoms with E-state index in [0.717, 1.165) is 17.8 Å². The predicted octanol–water partition coefficient (Wildman–Crippen LogP) is 3.83. The summed E-state index contributed by atoms with van der Waals surface area (Å²) < 4.78 is 0. The van der Waals surface area contributed by atoms with Gasteiger partial charge in [0.1, 0.15) is 0 Å². The number of carbonyl (C=O) groups excluding carboxylic acids is 2. The summed E-state index contributed by atoms with van der Waals surface area (Å²) in [5.74, 6) is -0.318. The van der Waals surface area contributed by atoms with Crippen molar-refractivity contribution in [2.75, 3.05) is 30.3 Å². The fraction of sp³-hybridized carbons (Fsp3) is 0.333. The molecule has 6 nitrogen and oxygen atoms in total. The predicted molar refractivity (Wildman–Crippen MR) is 120 cm³/mol. The Morgan fingerprint density at radius 1 is 1.10 bits per heavy atom. The minimum Gasteiger partial charge on any atom is -0.361 e. The van der Waals surface area contributed by atoms with Gasteiger partial charge < -0.3 is 16.0 Å². The molecule has 156 valence electrons. The highest BCUT2D eigenvalue weighted by molar-refractivity contribution is 6.32. The van der Waals surface area contributed by atoms with Crippen LogP contribution in [0.2, 0.25) is 0 Å². The Labute approximate surface area is 177 Å². The fourth-order valence-corrected chi connectivity index (χ4v) is 3.98. The average molecular weight is 405 g/mol. The number of benzene rings is 2. The summed E-state index contributed by atoms with van der Waals surface area (Å²) in [4.78, 5) is 26.9. The van der Waals surface area contributed by atoms with Gasteiger partial charge in [-0.2, -0.15) is 0 Å². The number of nitrogens with zero attached hydrogens (tertiary/aromatic N) is 1. The maximum absolute atomic E-state index is 12.4. The Morgan fingerprint density at radius 2 is 1.87 bits per heavy atom. The fourth-order valence-electron chi connectivity index (χ4n) is 3.98. The highest BCUT2D eigenvalue weighted by Crippen LogP contribution is 2.32. The Morgan fingerprint density at radius 3 is 2.60 bits per heavy atom. The summed E-state index contributed by atoms with van der Waals surface area (Å²) in [6.45, 7) is 5.80. The van der Waals surface area contributed by atoms with Gasteiger partial charge in [0.2, 0.25) is 0 Å². The lowest BCUT2D eigenvalue weighted by molar-refractivity contribution is -0.110. The summed E-state index contributed by atoms with van der Waals surface area (Å²) in [5, 5.41) is 8.84. The minimum absolute atomic E-state index is 0.144. The molecule has 0 atom stereocenters. The van der Waals surface area contributed by atoms with Gasteiger partial charge in [0.25, 0.3) is 11.8 Å². The van der Waals surface area contributed by atoms with Gasteiger partial charge in [0.05, 0.1) is 5.57 Å². The van der Waals surface area contributed by atoms with Crippen LogP contribution in [0.15, 0.2) is 48.7 Å². The summed E-state index contributed by atoms with van der Waals surface area (Å²) in [7, 11) is 0. The van der Waals surface area contributed by atoms with Gasteiger partial charge in [0.15, 0.2) is 0 Å². The number of rotatable bonds is 6. The van der Waals surface area contributed by atoms with Crippen molar-refractivity contribution in [2.45, 2.75) is 32.7 Å². The lowest BCUT2D eigenvalue weighted by Crippen LogP contribution is -2.29. The first kappa shape index (κ1) is 20.2. The van der Waals surface area contributed by atoms with Crippen molar-refractivity contribution in [3.05, 3.63) is 65.4 Å². The van der Waals surface area contributed by atoms with Gasteiger partial charge in [-0.15, -0.1) is 0 Å². The van der Waals surface area contributed by atoms with Crippen LogP contribution in [0.3, 0.4) is 0 Å². The van der Waals surface area contributed by atoms with E-state index in [1.54, 1.807) is 18.3 Å². The van der Waals surface area contributed by atoms with Gasteiger partial charge in [-0.1, -0.05) is 24.6 Å². The summed E-state index contributed by atoms with van der Waals surface area (Å²) in [6.07, 6.45) is 5.66. The standard InChI is InChI=1S/C24H28N4O2/c1-2-25-23(29)18-8-11-20-21(24(30)27-22(20)14-18)15-26-19-9-6-17(7-10-19)16-28-12-4-3-5-13-28/h6-11,14-15,26H,2-5,12-13,16H2,1H3,(H,25,29)(H,27,30). The number of carbonyl (C=O) groups is 2. The number of nitrogens with one attached hydrogen (secondary N) is 3. The summed E-state index contributed by atoms with van der Waals surface area (Å²) >= 11 is 0. The number of amides is 2. The molecule has 2 aromatic carbocycles. The third-order valence-corrected chi connectivity index (χ3v) is 5.59. The van der Waals surface area contributed by atoms with Gasteiger partial charge in [-0.25, -0.2) is 0 Å². The monoisotopic (exact) mass is 404 g/mol. The van der Waals surface area contributed by atoms with Crippen molar-refractivity contribution in [3.63, 3.8) is 0 Å². The molecule has 6 heteroatoms. The molecule has 2 aliphatic heterocycles. The van der Waals surface area contributed by atoms with Crippen molar-refractivity contribution in [1.29, 1.82) is 0 Å². The van der Waals surface area contributed by atoms with E-state index in [9.17, 15) is 9.59 Å². The van der Waals surface area contributed by atoms with Crippen molar-refractivity contribution in [2.24, 2.45) is 0 Å². The van der Waals surface area contributed by atoms with Crippen LogP contribution in [0.25, 0.3) is 5.57 Å². The Hall–Kier alpha value is -3.12. The summed E-state index contributed by atoms with van der Waals surface area (Å²) in [5.41, 5.74) is 4.79. The zero-order valence-electron chi connectivity index (χ0n) is 17.3. The van der Waals surface area contributed by atoms with Crippen LogP contribution in [-0.2, 0) is 11.3 Å². The van der Waals surface area contributed by atoms with E-state index in [0.29, 0.717) is 23.4 Å². The quantitative estimate of drug-likeness (QED) is 0.640. The van der Waals surface area contributed by atoms with E-state index in [2.05, 4.69) is 33.0 Å². The number of hydrogen-bond donors (Lipinski definition) is 3. The zero-order valence-corrected chi connectivity index (χ0v) is 17.3. The number of anilines is 2. The molecule has 1 fully saturated rings. The third kappa shape index (κ3) is 4.54. The van der Waals surface area contributed by atoms with E-state index >= 15 is 0 Å². The average Bonchev–Trinajstić information content (AvgIpc) is 3.08. The van der Waals surface area contributed by atoms with Gasteiger partial charge in [-0.05, 0) is 62.7 Å². The molecule has 0 bridgehead atoms. The van der Waals surface area contributed by atoms with Crippen LogP contribution in [0.5, 0.6) is 0 Å². The molecule has 2 aromatic rings. The molecular weight excluding hydrogens is 376 g/mol. The number of likely N-dealkylation sites (tertiary alicyclic amines) is 1. The van der Waals surface area contributed by atoms with E-state index in [1.165, 1.54) is 37.9 Å². The van der Waals surface area contributed by atoms with Gasteiger partial charge >= 0.3 is 0 Å². The molecule has 0 aliphatic carbocycles. The van der Waals surface area contributed by atoms with Crippen molar-refractivity contribution in [1.82, 2.24) is 10.2 Å². The van der Waals surface area contributed by atoms with Crippen LogP contribution in [0, 0.1) is 0 Å². The molecule has 2 amide bonds. The molecule has 4 rings (SSSR count). The van der Waals surface area contributed by atoms with Crippen LogP contribution >= 0.6 is 0 Å². The molecule has 1 saturated heterocycles. The second-order valence-corrected chi connectivity index (χ2v) is 7.81. The lowest BCUT2D eigenvalue weighted by atomic mass is 10.1. The van der Waals surface area contributed by atoms with E-state index < -0.39 is 0 Å². The first-order chi connectivity index (χ1) is 14.6. The second kappa shape index (κ2) is 9.13. The maximum Gasteiger partial charge on any atom is 0.257 e. The van der Waals surface area contributed by atoms with E-state index in [1.807, 2.05) is 25.1 Å². The molecule has 3 N–H and O–H groups in total. The molecular formula is C24H28N4O2. The first-order valence-electron chi connectivity index (χ1n) is 10.7. The van der Waals surface area contributed by atoms with Crippen molar-refractivity contribution >= 4 is 28.8 Å². The van der Waals surface area contributed by atoms with Crippen LogP contribution in [0.4, 0.5) is 11.4 Å². The first-order valence-corrected chi connectivity index (χ1v) is 10.7. The third-order valence-electron chi connectivity index (χ3n) is 5.59. The van der Waals surface area contributed by atoms with Gasteiger partial charge in [-0.3, -0.25) is 14.5 Å². The zero-order chi connectivity index (χ0) is 20.9. The Kier molecular flexibility index (Phi) is 6.14. The molecule has 0 aromatic heterocycles. The number of piperidine rings is 1. The van der Waals surface area contributed by atoms with Crippen molar-refractivity contribution < 1.29 is 9.59 Å². The maximum atomic E-state index is 12.4. The highest BCUT2D eigenvalue weighted by atomic mass is 16.2. The topological polar surface area (TPSA) is 73.5 Å². The van der Waals surface area contributed by atoms with Crippen molar-refractivity contribution in [3.8, 4) is 0 Å². The number of hydrogen-bond acceptors (Lipinski definition) is 4. The summed E-state index contributed by atoms with van der Waals surface area (Å²) in [6, 6.07) is 13.6. The van der Waals surface area contributed by atoms with E-state index in [-0.39, 0.29) is 11.8 Å². The van der Waals surface area contributed by atoms with Crippen LogP contribution in [-0.4, -0.2) is 36.3 Å². The van der Waals surface area contributed by atoms with Crippen LogP contribution in [0.1, 0.15) is 47.7 Å². The molecule has 0 unspecified atom stereocenters. The largest absolute Gasteiger partial charge is 0.361 e. The second-order valence-electron chi connectivity index (χ2n) is 7.81. The highest BCUT2D eigenvalue weighted by Gasteiger charge is 2.25. The SMILES string of the molecule is CCNC(=O)c1ccc2c(c1)NC(=O)C2=CNc1ccc(CN2CCCCC2)cc1. The minimum atomic E-state index is -0.174. The molecule has 0 spiro atoms. The molecule has 0 radical (unpaired) electrons. The normalized spacial score (nSPS) is 17.5. The van der Waals surface area contributed by atoms with E-state index in [4.69, 9.17) is 0 Å². The molecule has 2 aliphatic rings.